The second kappa shape index (κ2) is 7.46. The Labute approximate surface area is 130 Å². The van der Waals surface area contributed by atoms with E-state index in [-0.39, 0.29) is 11.6 Å². The number of hydrogen-bond donors (Lipinski definition) is 0. The highest BCUT2D eigenvalue weighted by Gasteiger charge is 2.12. The van der Waals surface area contributed by atoms with E-state index in [1.165, 1.54) is 24.3 Å². The number of benzene rings is 2. The molecule has 0 aromatic heterocycles. The highest BCUT2D eigenvalue weighted by molar-refractivity contribution is 6.18. The van der Waals surface area contributed by atoms with Crippen LogP contribution >= 0.6 is 11.6 Å². The van der Waals surface area contributed by atoms with E-state index in [1.54, 1.807) is 6.07 Å². The molecule has 2 aromatic carbocycles. The third-order valence-corrected chi connectivity index (χ3v) is 4.17. The van der Waals surface area contributed by atoms with Crippen molar-refractivity contribution in [3.8, 4) is 5.75 Å². The van der Waals surface area contributed by atoms with Crippen LogP contribution in [0, 0.1) is 18.7 Å². The van der Waals surface area contributed by atoms with Crippen molar-refractivity contribution in [2.24, 2.45) is 5.92 Å². The van der Waals surface area contributed by atoms with Gasteiger partial charge in [0.25, 0.3) is 0 Å². The molecule has 21 heavy (non-hydrogen) atoms. The van der Waals surface area contributed by atoms with Crippen LogP contribution in [-0.4, -0.2) is 13.0 Å². The molecule has 0 spiro atoms. The molecular weight excluding hydrogens is 287 g/mol. The van der Waals surface area contributed by atoms with Gasteiger partial charge in [0, 0.05) is 5.88 Å². The second-order valence-electron chi connectivity index (χ2n) is 5.32. The normalized spacial score (nSPS) is 12.2. The van der Waals surface area contributed by atoms with Crippen molar-refractivity contribution >= 4 is 11.6 Å². The molecule has 0 bridgehead atoms. The molecule has 0 heterocycles. The van der Waals surface area contributed by atoms with Crippen LogP contribution in [0.3, 0.4) is 0 Å². The van der Waals surface area contributed by atoms with E-state index in [4.69, 9.17) is 16.3 Å². The lowest BCUT2D eigenvalue weighted by Crippen LogP contribution is -2.11. The molecule has 1 nitrogen and oxygen atoms in total. The number of ether oxygens (including phenoxy) is 1. The molecule has 0 saturated heterocycles. The molecule has 3 heteroatoms. The average Bonchev–Trinajstić information content (AvgIpc) is 2.49. The standard InChI is InChI=1S/C18H20ClFO/c1-13-5-3-4-6-16(13)10-15(12-19)9-14-7-8-18(21-2)17(20)11-14/h3-8,11,15H,9-10,12H2,1-2H3. The summed E-state index contributed by atoms with van der Waals surface area (Å²) in [5, 5.41) is 0. The molecule has 112 valence electrons. The molecule has 1 unspecified atom stereocenters. The summed E-state index contributed by atoms with van der Waals surface area (Å²) in [5.74, 6) is 0.807. The maximum Gasteiger partial charge on any atom is 0.165 e. The van der Waals surface area contributed by atoms with Crippen molar-refractivity contribution in [2.45, 2.75) is 19.8 Å². The zero-order chi connectivity index (χ0) is 15.2. The van der Waals surface area contributed by atoms with Gasteiger partial charge in [-0.05, 0) is 54.5 Å². The van der Waals surface area contributed by atoms with E-state index in [0.29, 0.717) is 11.8 Å². The predicted molar refractivity (Wildman–Crippen MR) is 85.7 cm³/mol. The molecule has 0 N–H and O–H groups in total. The third kappa shape index (κ3) is 4.21. The first-order chi connectivity index (χ1) is 10.1. The van der Waals surface area contributed by atoms with Gasteiger partial charge in [0.2, 0.25) is 0 Å². The molecule has 0 saturated carbocycles. The lowest BCUT2D eigenvalue weighted by atomic mass is 9.92. The number of aryl methyl sites for hydroxylation is 1. The molecule has 0 radical (unpaired) electrons. The first-order valence-electron chi connectivity index (χ1n) is 7.07. The molecule has 0 fully saturated rings. The monoisotopic (exact) mass is 306 g/mol. The minimum absolute atomic E-state index is 0.278. The Morgan fingerprint density at radius 3 is 2.52 bits per heavy atom. The number of rotatable bonds is 6. The molecule has 0 aliphatic carbocycles. The van der Waals surface area contributed by atoms with E-state index >= 15 is 0 Å². The van der Waals surface area contributed by atoms with E-state index in [2.05, 4.69) is 19.1 Å². The molecule has 2 rings (SSSR count). The van der Waals surface area contributed by atoms with Gasteiger partial charge in [0.15, 0.2) is 11.6 Å². The molecule has 0 aliphatic rings. The van der Waals surface area contributed by atoms with Crippen LogP contribution in [0.5, 0.6) is 5.75 Å². The van der Waals surface area contributed by atoms with Gasteiger partial charge in [-0.3, -0.25) is 0 Å². The Kier molecular flexibility index (Phi) is 5.63. The summed E-state index contributed by atoms with van der Waals surface area (Å²) in [5.41, 5.74) is 3.53. The van der Waals surface area contributed by atoms with Crippen LogP contribution in [0.4, 0.5) is 4.39 Å². The molecule has 0 amide bonds. The van der Waals surface area contributed by atoms with Crippen LogP contribution in [0.25, 0.3) is 0 Å². The Hall–Kier alpha value is -1.54. The SMILES string of the molecule is COc1ccc(CC(CCl)Cc2ccccc2C)cc1F. The van der Waals surface area contributed by atoms with Crippen molar-refractivity contribution in [1.29, 1.82) is 0 Å². The Morgan fingerprint density at radius 1 is 1.14 bits per heavy atom. The predicted octanol–water partition coefficient (Wildman–Crippen LogP) is 4.78. The smallest absolute Gasteiger partial charge is 0.165 e. The lowest BCUT2D eigenvalue weighted by molar-refractivity contribution is 0.386. The number of alkyl halides is 1. The summed E-state index contributed by atoms with van der Waals surface area (Å²) in [6.07, 6.45) is 1.67. The van der Waals surface area contributed by atoms with Crippen molar-refractivity contribution < 1.29 is 9.13 Å². The zero-order valence-corrected chi connectivity index (χ0v) is 13.2. The van der Waals surface area contributed by atoms with Crippen molar-refractivity contribution in [2.75, 3.05) is 13.0 Å². The molecular formula is C18H20ClFO. The summed E-state index contributed by atoms with van der Waals surface area (Å²) in [6, 6.07) is 13.4. The molecule has 0 aliphatic heterocycles. The minimum atomic E-state index is -0.320. The highest BCUT2D eigenvalue weighted by atomic mass is 35.5. The van der Waals surface area contributed by atoms with Gasteiger partial charge >= 0.3 is 0 Å². The van der Waals surface area contributed by atoms with Crippen LogP contribution in [0.1, 0.15) is 16.7 Å². The van der Waals surface area contributed by atoms with Crippen LogP contribution in [-0.2, 0) is 12.8 Å². The third-order valence-electron chi connectivity index (χ3n) is 3.73. The van der Waals surface area contributed by atoms with Gasteiger partial charge in [-0.2, -0.15) is 0 Å². The van der Waals surface area contributed by atoms with E-state index in [9.17, 15) is 4.39 Å². The van der Waals surface area contributed by atoms with Crippen LogP contribution in [0.15, 0.2) is 42.5 Å². The Morgan fingerprint density at radius 2 is 1.90 bits per heavy atom. The van der Waals surface area contributed by atoms with Gasteiger partial charge in [-0.25, -0.2) is 4.39 Å². The topological polar surface area (TPSA) is 9.23 Å². The average molecular weight is 307 g/mol. The van der Waals surface area contributed by atoms with Crippen LogP contribution in [0.2, 0.25) is 0 Å². The summed E-state index contributed by atoms with van der Waals surface area (Å²) < 4.78 is 18.7. The summed E-state index contributed by atoms with van der Waals surface area (Å²) in [7, 11) is 1.47. The first kappa shape index (κ1) is 15.8. The van der Waals surface area contributed by atoms with Gasteiger partial charge in [-0.15, -0.1) is 11.6 Å². The summed E-state index contributed by atoms with van der Waals surface area (Å²) >= 11 is 6.10. The van der Waals surface area contributed by atoms with E-state index < -0.39 is 0 Å². The Balaban J connectivity index is 2.09. The molecule has 1 atom stereocenters. The second-order valence-corrected chi connectivity index (χ2v) is 5.63. The van der Waals surface area contributed by atoms with Gasteiger partial charge < -0.3 is 4.74 Å². The number of hydrogen-bond acceptors (Lipinski definition) is 1. The lowest BCUT2D eigenvalue weighted by Gasteiger charge is -2.16. The quantitative estimate of drug-likeness (QED) is 0.698. The van der Waals surface area contributed by atoms with Crippen molar-refractivity contribution in [3.05, 3.63) is 65.0 Å². The van der Waals surface area contributed by atoms with Gasteiger partial charge in [0.05, 0.1) is 7.11 Å². The maximum absolute atomic E-state index is 13.7. The first-order valence-corrected chi connectivity index (χ1v) is 7.60. The number of methoxy groups -OCH3 is 1. The Bertz CT molecular complexity index is 598. The summed E-state index contributed by atoms with van der Waals surface area (Å²) in [4.78, 5) is 0. The fraction of sp³-hybridized carbons (Fsp3) is 0.333. The zero-order valence-electron chi connectivity index (χ0n) is 12.4. The fourth-order valence-electron chi connectivity index (χ4n) is 2.50. The fourth-order valence-corrected chi connectivity index (χ4v) is 2.72. The van der Waals surface area contributed by atoms with Gasteiger partial charge in [-0.1, -0.05) is 30.3 Å². The number of halogens is 2. The van der Waals surface area contributed by atoms with Crippen LogP contribution < -0.4 is 4.74 Å². The summed E-state index contributed by atoms with van der Waals surface area (Å²) in [6.45, 7) is 2.10. The maximum atomic E-state index is 13.7. The van der Waals surface area contributed by atoms with E-state index in [1.807, 2.05) is 18.2 Å². The largest absolute Gasteiger partial charge is 0.494 e. The van der Waals surface area contributed by atoms with Gasteiger partial charge in [0.1, 0.15) is 0 Å². The highest BCUT2D eigenvalue weighted by Crippen LogP contribution is 2.22. The minimum Gasteiger partial charge on any atom is -0.494 e. The van der Waals surface area contributed by atoms with Crippen molar-refractivity contribution in [1.82, 2.24) is 0 Å². The molecule has 2 aromatic rings. The van der Waals surface area contributed by atoms with E-state index in [0.717, 1.165) is 18.4 Å². The van der Waals surface area contributed by atoms with Crippen molar-refractivity contribution in [3.63, 3.8) is 0 Å².